The highest BCUT2D eigenvalue weighted by Crippen LogP contribution is 2.52. The molecular formula is C55H38B2N2O3. The second-order valence-electron chi connectivity index (χ2n) is 17.2. The molecule has 0 bridgehead atoms. The van der Waals surface area contributed by atoms with Crippen LogP contribution < -0.4 is 47.7 Å². The van der Waals surface area contributed by atoms with Crippen LogP contribution in [0.5, 0.6) is 11.5 Å². The van der Waals surface area contributed by atoms with Gasteiger partial charge >= 0.3 is 0 Å². The van der Waals surface area contributed by atoms with Crippen molar-refractivity contribution in [2.75, 3.05) is 9.80 Å². The van der Waals surface area contributed by atoms with Crippen LogP contribution in [-0.4, -0.2) is 13.4 Å². The number of hydrogen-bond donors (Lipinski definition) is 0. The van der Waals surface area contributed by atoms with Crippen LogP contribution in [0.1, 0.15) is 25.0 Å². The quantitative estimate of drug-likeness (QED) is 0.166. The normalized spacial score (nSPS) is 14.4. The molecule has 0 saturated carbocycles. The van der Waals surface area contributed by atoms with Gasteiger partial charge in [0.2, 0.25) is 0 Å². The number of nitrogens with zero attached hydrogens (tertiary/aromatic N) is 2. The number of anilines is 6. The molecule has 3 aliphatic rings. The Morgan fingerprint density at radius 3 is 1.23 bits per heavy atom. The molecule has 0 N–H and O–H groups in total. The lowest BCUT2D eigenvalue weighted by molar-refractivity contribution is 0.477. The van der Waals surface area contributed by atoms with E-state index in [4.69, 9.17) is 13.6 Å². The molecule has 0 atom stereocenters. The lowest BCUT2D eigenvalue weighted by Crippen LogP contribution is -2.73. The first-order chi connectivity index (χ1) is 30.5. The Balaban J connectivity index is 0.965. The fourth-order valence-corrected chi connectivity index (χ4v) is 10.7. The highest BCUT2D eigenvalue weighted by atomic mass is 16.5. The minimum Gasteiger partial charge on any atom is -0.471 e. The van der Waals surface area contributed by atoms with E-state index in [0.29, 0.717) is 0 Å². The fraction of sp³-hybridized carbons (Fsp3) is 0.0545. The minimum absolute atomic E-state index is 0.127. The molecule has 0 amide bonds. The summed E-state index contributed by atoms with van der Waals surface area (Å²) in [4.78, 5) is 4.70. The van der Waals surface area contributed by atoms with Gasteiger partial charge in [-0.3, -0.25) is 0 Å². The zero-order chi connectivity index (χ0) is 41.1. The molecule has 3 aliphatic heterocycles. The smallest absolute Gasteiger partial charge is 0.290 e. The van der Waals surface area contributed by atoms with Crippen LogP contribution in [0.15, 0.2) is 203 Å². The third kappa shape index (κ3) is 4.99. The lowest BCUT2D eigenvalue weighted by atomic mass is 9.24. The molecule has 13 rings (SSSR count). The molecule has 0 fully saturated rings. The van der Waals surface area contributed by atoms with E-state index in [0.717, 1.165) is 89.4 Å². The van der Waals surface area contributed by atoms with Gasteiger partial charge in [-0.1, -0.05) is 146 Å². The minimum atomic E-state index is -0.199. The molecule has 8 aromatic carbocycles. The third-order valence-electron chi connectivity index (χ3n) is 13.5. The summed E-state index contributed by atoms with van der Waals surface area (Å²) in [6.07, 6.45) is 0. The van der Waals surface area contributed by atoms with Gasteiger partial charge in [0.25, 0.3) is 13.4 Å². The molecule has 2 aromatic heterocycles. The van der Waals surface area contributed by atoms with Crippen molar-refractivity contribution in [2.45, 2.75) is 19.3 Å². The van der Waals surface area contributed by atoms with Crippen molar-refractivity contribution < 1.29 is 13.6 Å². The monoisotopic (exact) mass is 796 g/mol. The zero-order valence-electron chi connectivity index (χ0n) is 34.2. The second kappa shape index (κ2) is 13.2. The Bertz CT molecular complexity index is 3300. The number of furan rings is 2. The van der Waals surface area contributed by atoms with Crippen molar-refractivity contribution in [1.29, 1.82) is 0 Å². The van der Waals surface area contributed by atoms with Crippen LogP contribution in [0.4, 0.5) is 34.1 Å². The predicted octanol–water partition coefficient (Wildman–Crippen LogP) is 10.2. The van der Waals surface area contributed by atoms with E-state index in [1.807, 2.05) is 24.3 Å². The lowest BCUT2D eigenvalue weighted by Gasteiger charge is -2.42. The largest absolute Gasteiger partial charge is 0.471 e. The third-order valence-corrected chi connectivity index (χ3v) is 13.5. The second-order valence-corrected chi connectivity index (χ2v) is 17.2. The molecule has 292 valence electrons. The van der Waals surface area contributed by atoms with Gasteiger partial charge in [0.05, 0.1) is 34.1 Å². The standard InChI is InChI=1S/C55H38B2N2O3/c1-55(2)41-17-5-7-19-43(41)58(44-20-8-6-18-42(44)55)37-31-27-35(28-32-37)56-51-39-15-3-11-23-47(39)62-54(51)57(52-40-16-4-12-24-48(40)61-53(52)56)36-29-33-38(34-30-36)59-45-21-9-13-25-49(45)60-50-26-14-10-22-46(50)59/h3-34H,1-2H3. The van der Waals surface area contributed by atoms with Gasteiger partial charge in [0, 0.05) is 27.6 Å². The number of rotatable bonds is 4. The van der Waals surface area contributed by atoms with Crippen LogP contribution in [0.25, 0.3) is 21.9 Å². The Labute approximate surface area is 360 Å². The van der Waals surface area contributed by atoms with Crippen molar-refractivity contribution in [3.8, 4) is 11.5 Å². The number of fused-ring (bicyclic) bond motifs is 10. The Morgan fingerprint density at radius 1 is 0.387 bits per heavy atom. The highest BCUT2D eigenvalue weighted by molar-refractivity contribution is 7.12. The van der Waals surface area contributed by atoms with Gasteiger partial charge in [0.15, 0.2) is 11.5 Å². The summed E-state index contributed by atoms with van der Waals surface area (Å²) < 4.78 is 20.5. The molecule has 0 radical (unpaired) electrons. The molecule has 0 aliphatic carbocycles. The van der Waals surface area contributed by atoms with Crippen LogP contribution >= 0.6 is 0 Å². The summed E-state index contributed by atoms with van der Waals surface area (Å²) in [6.45, 7) is 4.27. The predicted molar refractivity (Wildman–Crippen MR) is 256 cm³/mol. The van der Waals surface area contributed by atoms with E-state index < -0.39 is 0 Å². The first-order valence-corrected chi connectivity index (χ1v) is 21.4. The van der Waals surface area contributed by atoms with Crippen molar-refractivity contribution in [3.63, 3.8) is 0 Å². The van der Waals surface area contributed by atoms with Crippen molar-refractivity contribution in [2.24, 2.45) is 0 Å². The van der Waals surface area contributed by atoms with E-state index >= 15 is 0 Å². The molecule has 62 heavy (non-hydrogen) atoms. The number of hydrogen-bond acceptors (Lipinski definition) is 5. The van der Waals surface area contributed by atoms with E-state index in [9.17, 15) is 0 Å². The summed E-state index contributed by atoms with van der Waals surface area (Å²) in [5.41, 5.74) is 17.4. The summed E-state index contributed by atoms with van der Waals surface area (Å²) >= 11 is 0. The van der Waals surface area contributed by atoms with Crippen LogP contribution in [0.3, 0.4) is 0 Å². The Morgan fingerprint density at radius 2 is 0.758 bits per heavy atom. The van der Waals surface area contributed by atoms with E-state index in [1.54, 1.807) is 0 Å². The van der Waals surface area contributed by atoms with E-state index in [-0.39, 0.29) is 18.8 Å². The highest BCUT2D eigenvalue weighted by Gasteiger charge is 2.47. The molecule has 5 nitrogen and oxygen atoms in total. The maximum absolute atomic E-state index is 7.07. The average Bonchev–Trinajstić information content (AvgIpc) is 3.90. The van der Waals surface area contributed by atoms with Gasteiger partial charge in [-0.15, -0.1) is 0 Å². The van der Waals surface area contributed by atoms with Gasteiger partial charge in [-0.25, -0.2) is 0 Å². The molecule has 0 saturated heterocycles. The van der Waals surface area contributed by atoms with Crippen LogP contribution in [0, 0.1) is 0 Å². The van der Waals surface area contributed by atoms with Gasteiger partial charge in [0.1, 0.15) is 11.2 Å². The average molecular weight is 797 g/mol. The molecular weight excluding hydrogens is 758 g/mol. The van der Waals surface area contributed by atoms with Gasteiger partial charge in [-0.05, 0) is 94.8 Å². The van der Waals surface area contributed by atoms with Crippen molar-refractivity contribution in [1.82, 2.24) is 0 Å². The molecule has 0 unspecified atom stereocenters. The first-order valence-electron chi connectivity index (χ1n) is 21.4. The molecule has 0 spiro atoms. The Kier molecular flexibility index (Phi) is 7.48. The summed E-state index contributed by atoms with van der Waals surface area (Å²) in [6, 6.07) is 69.1. The maximum Gasteiger partial charge on any atom is 0.290 e. The topological polar surface area (TPSA) is 42.0 Å². The van der Waals surface area contributed by atoms with Crippen LogP contribution in [-0.2, 0) is 5.41 Å². The summed E-state index contributed by atoms with van der Waals surface area (Å²) in [5.74, 6) is 1.66. The number of benzene rings is 8. The molecule has 5 heterocycles. The summed E-state index contributed by atoms with van der Waals surface area (Å²) in [5, 5.41) is 2.21. The summed E-state index contributed by atoms with van der Waals surface area (Å²) in [7, 11) is 0. The Hall–Kier alpha value is -7.63. The zero-order valence-corrected chi connectivity index (χ0v) is 34.2. The van der Waals surface area contributed by atoms with E-state index in [2.05, 4.69) is 194 Å². The first kappa shape index (κ1) is 35.2. The maximum atomic E-state index is 7.07. The van der Waals surface area contributed by atoms with Crippen molar-refractivity contribution >= 4 is 103 Å². The number of ether oxygens (including phenoxy) is 1. The van der Waals surface area contributed by atoms with Gasteiger partial charge in [-0.2, -0.15) is 0 Å². The SMILES string of the molecule is CC1(C)c2ccccc2N(c2ccc(B3c4oc5ccccc5c4B(c4ccc(N5c6ccccc6Oc6ccccc65)cc4)c4oc5ccccc5c43)cc2)c2ccccc21. The van der Waals surface area contributed by atoms with Crippen molar-refractivity contribution in [3.05, 3.63) is 205 Å². The molecule has 10 aromatic rings. The molecule has 7 heteroatoms. The van der Waals surface area contributed by atoms with Gasteiger partial charge < -0.3 is 23.4 Å². The fourth-order valence-electron chi connectivity index (χ4n) is 10.7. The van der Waals surface area contributed by atoms with E-state index in [1.165, 1.54) is 22.5 Å². The number of para-hydroxylation sites is 8. The van der Waals surface area contributed by atoms with Crippen LogP contribution in [0.2, 0.25) is 0 Å².